The minimum Gasteiger partial charge on any atom is -0.310 e. The van der Waals surface area contributed by atoms with E-state index < -0.39 is 0 Å². The first kappa shape index (κ1) is 46.3. The van der Waals surface area contributed by atoms with Gasteiger partial charge in [-0.25, -0.2) is 0 Å². The highest BCUT2D eigenvalue weighted by atomic mass is 15.2. The summed E-state index contributed by atoms with van der Waals surface area (Å²) in [5.41, 5.74) is 22.4. The molecule has 348 valence electrons. The maximum Gasteiger partial charge on any atom is 0.0573 e. The summed E-state index contributed by atoms with van der Waals surface area (Å²) in [5.74, 6) is 0. The van der Waals surface area contributed by atoms with E-state index in [-0.39, 0.29) is 0 Å². The molecule has 0 radical (unpaired) electrons. The number of fused-ring (bicyclic) bond motifs is 1. The van der Waals surface area contributed by atoms with E-state index in [9.17, 15) is 0 Å². The summed E-state index contributed by atoms with van der Waals surface area (Å²) in [6.45, 7) is 8.92. The van der Waals surface area contributed by atoms with Crippen molar-refractivity contribution >= 4 is 81.4 Å². The van der Waals surface area contributed by atoms with E-state index in [1.165, 1.54) is 142 Å². The Balaban J connectivity index is 1.09. The molecule has 8 aromatic rings. The van der Waals surface area contributed by atoms with Crippen LogP contribution < -0.4 is 9.80 Å². The second-order valence-corrected chi connectivity index (χ2v) is 19.7. The molecule has 2 aliphatic carbocycles. The molecule has 2 aliphatic rings. The van der Waals surface area contributed by atoms with Crippen LogP contribution in [0.4, 0.5) is 34.1 Å². The van der Waals surface area contributed by atoms with Gasteiger partial charge in [0, 0.05) is 33.5 Å². The minimum atomic E-state index is 1.13. The molecular formula is C68H66N2. The van der Waals surface area contributed by atoms with E-state index in [4.69, 9.17) is 0 Å². The van der Waals surface area contributed by atoms with E-state index in [1.807, 2.05) is 0 Å². The van der Waals surface area contributed by atoms with Gasteiger partial charge in [-0.1, -0.05) is 193 Å². The molecular weight excluding hydrogens is 845 g/mol. The lowest BCUT2D eigenvalue weighted by Crippen LogP contribution is -2.16. The number of aryl methyl sites for hydroxylation is 2. The highest BCUT2D eigenvalue weighted by molar-refractivity contribution is 6.10. The number of hydrogen-bond donors (Lipinski definition) is 0. The highest BCUT2D eigenvalue weighted by Crippen LogP contribution is 2.49. The lowest BCUT2D eigenvalue weighted by atomic mass is 9.93. The van der Waals surface area contributed by atoms with Gasteiger partial charge in [-0.2, -0.15) is 0 Å². The summed E-state index contributed by atoms with van der Waals surface area (Å²) < 4.78 is 0. The van der Waals surface area contributed by atoms with Crippen LogP contribution in [-0.4, -0.2) is 0 Å². The van der Waals surface area contributed by atoms with Crippen LogP contribution >= 0.6 is 0 Å². The Hall–Kier alpha value is -7.42. The standard InChI is InChI=1S/C68H66N2/c1-49-19-23-53(24-20-49)27-29-55-31-39-61(40-32-55)69(63-43-35-59(36-44-63)47-57-13-7-5-8-14-57)67-51(3)52(4)68(66-18-12-11-17-65(66)67)70(64-45-37-60(38-46-64)48-58-15-9-6-10-16-58)62-41-33-56(34-42-62)30-28-54-25-21-50(2)22-26-54/h11-12,17-48H,5-10,13-16H2,1-4H3/b29-27+,30-28+. The molecule has 10 rings (SSSR count). The third-order valence-corrected chi connectivity index (χ3v) is 14.6. The summed E-state index contributed by atoms with van der Waals surface area (Å²) in [5, 5.41) is 2.41. The molecule has 0 spiro atoms. The largest absolute Gasteiger partial charge is 0.310 e. The summed E-state index contributed by atoms with van der Waals surface area (Å²) in [7, 11) is 0. The first-order chi connectivity index (χ1) is 34.3. The molecule has 0 saturated heterocycles. The van der Waals surface area contributed by atoms with Crippen molar-refractivity contribution in [2.75, 3.05) is 9.80 Å². The predicted octanol–water partition coefficient (Wildman–Crippen LogP) is 20.0. The van der Waals surface area contributed by atoms with Crippen LogP contribution in [0.1, 0.15) is 120 Å². The van der Waals surface area contributed by atoms with Gasteiger partial charge in [0.05, 0.1) is 11.4 Å². The second-order valence-electron chi connectivity index (χ2n) is 19.7. The maximum atomic E-state index is 2.49. The molecule has 0 unspecified atom stereocenters. The molecule has 2 nitrogen and oxygen atoms in total. The van der Waals surface area contributed by atoms with Gasteiger partial charge < -0.3 is 9.80 Å². The quantitative estimate of drug-likeness (QED) is 0.113. The van der Waals surface area contributed by atoms with E-state index in [0.29, 0.717) is 0 Å². The summed E-state index contributed by atoms with van der Waals surface area (Å²) in [6.07, 6.45) is 26.4. The Morgan fingerprint density at radius 2 is 0.571 bits per heavy atom. The van der Waals surface area contributed by atoms with Gasteiger partial charge in [-0.15, -0.1) is 0 Å². The number of hydrogen-bond acceptors (Lipinski definition) is 2. The van der Waals surface area contributed by atoms with Gasteiger partial charge in [-0.05, 0) is 172 Å². The van der Waals surface area contributed by atoms with Gasteiger partial charge in [0.15, 0.2) is 0 Å². The molecule has 0 aromatic heterocycles. The summed E-state index contributed by atoms with van der Waals surface area (Å²) in [4.78, 5) is 4.99. The summed E-state index contributed by atoms with van der Waals surface area (Å²) in [6, 6.07) is 63.2. The second kappa shape index (κ2) is 21.5. The van der Waals surface area contributed by atoms with Crippen molar-refractivity contribution in [3.8, 4) is 0 Å². The average Bonchev–Trinajstić information content (AvgIpc) is 3.40. The molecule has 8 aromatic carbocycles. The fourth-order valence-corrected chi connectivity index (χ4v) is 10.5. The SMILES string of the molecule is Cc1ccc(/C=C/c2ccc(N(c3ccc(C=C4CCCCC4)cc3)c3c(C)c(C)c(N(c4ccc(C=C5CCCCC5)cc4)c4ccc(/C=C/c5ccc(C)cc5)cc4)c4ccccc34)cc2)cc1. The maximum absolute atomic E-state index is 2.49. The predicted molar refractivity (Wildman–Crippen MR) is 305 cm³/mol. The highest BCUT2D eigenvalue weighted by Gasteiger charge is 2.26. The van der Waals surface area contributed by atoms with Crippen molar-refractivity contribution < 1.29 is 0 Å². The van der Waals surface area contributed by atoms with Crippen molar-refractivity contribution in [3.05, 3.63) is 237 Å². The number of nitrogens with zero attached hydrogens (tertiary/aromatic N) is 2. The Morgan fingerprint density at radius 3 is 0.871 bits per heavy atom. The molecule has 70 heavy (non-hydrogen) atoms. The van der Waals surface area contributed by atoms with Crippen LogP contribution in [0.15, 0.2) is 181 Å². The Kier molecular flexibility index (Phi) is 14.2. The number of benzene rings is 8. The first-order valence-electron chi connectivity index (χ1n) is 25.7. The molecule has 0 bridgehead atoms. The van der Waals surface area contributed by atoms with Crippen LogP contribution in [0, 0.1) is 27.7 Å². The van der Waals surface area contributed by atoms with E-state index in [0.717, 1.165) is 22.7 Å². The van der Waals surface area contributed by atoms with E-state index in [1.54, 1.807) is 11.1 Å². The van der Waals surface area contributed by atoms with Gasteiger partial charge in [0.1, 0.15) is 0 Å². The van der Waals surface area contributed by atoms with Gasteiger partial charge in [-0.3, -0.25) is 0 Å². The topological polar surface area (TPSA) is 6.48 Å². The van der Waals surface area contributed by atoms with Crippen molar-refractivity contribution in [2.45, 2.75) is 91.9 Å². The van der Waals surface area contributed by atoms with Crippen molar-refractivity contribution in [1.82, 2.24) is 0 Å². The zero-order chi connectivity index (χ0) is 47.8. The van der Waals surface area contributed by atoms with Crippen LogP contribution in [0.25, 0.3) is 47.2 Å². The lowest BCUT2D eigenvalue weighted by Gasteiger charge is -2.34. The normalized spacial score (nSPS) is 14.1. The third kappa shape index (κ3) is 10.7. The monoisotopic (exact) mass is 911 g/mol. The fraction of sp³-hybridized carbons (Fsp3) is 0.206. The van der Waals surface area contributed by atoms with Crippen molar-refractivity contribution in [3.63, 3.8) is 0 Å². The molecule has 2 saturated carbocycles. The van der Waals surface area contributed by atoms with Gasteiger partial charge >= 0.3 is 0 Å². The Bertz CT molecular complexity index is 2950. The minimum absolute atomic E-state index is 1.13. The lowest BCUT2D eigenvalue weighted by molar-refractivity contribution is 0.602. The van der Waals surface area contributed by atoms with E-state index in [2.05, 4.69) is 244 Å². The van der Waals surface area contributed by atoms with Crippen LogP contribution in [0.5, 0.6) is 0 Å². The van der Waals surface area contributed by atoms with Crippen molar-refractivity contribution in [1.29, 1.82) is 0 Å². The number of rotatable bonds is 12. The smallest absolute Gasteiger partial charge is 0.0573 e. The Labute approximate surface area is 417 Å². The van der Waals surface area contributed by atoms with E-state index >= 15 is 0 Å². The van der Waals surface area contributed by atoms with Gasteiger partial charge in [0.25, 0.3) is 0 Å². The molecule has 2 fully saturated rings. The zero-order valence-corrected chi connectivity index (χ0v) is 41.6. The average molecular weight is 911 g/mol. The zero-order valence-electron chi connectivity index (χ0n) is 41.6. The molecule has 0 N–H and O–H groups in total. The number of anilines is 6. The van der Waals surface area contributed by atoms with Crippen LogP contribution in [0.2, 0.25) is 0 Å². The first-order valence-corrected chi connectivity index (χ1v) is 25.7. The molecule has 2 heteroatoms. The van der Waals surface area contributed by atoms with Crippen molar-refractivity contribution in [2.24, 2.45) is 0 Å². The molecule has 0 aliphatic heterocycles. The van der Waals surface area contributed by atoms with Crippen LogP contribution in [0.3, 0.4) is 0 Å². The Morgan fingerprint density at radius 1 is 0.300 bits per heavy atom. The third-order valence-electron chi connectivity index (χ3n) is 14.6. The van der Waals surface area contributed by atoms with Crippen LogP contribution in [-0.2, 0) is 0 Å². The van der Waals surface area contributed by atoms with Gasteiger partial charge in [0.2, 0.25) is 0 Å². The molecule has 0 amide bonds. The number of allylic oxidation sites excluding steroid dienone is 2. The molecule has 0 atom stereocenters. The fourth-order valence-electron chi connectivity index (χ4n) is 10.5. The summed E-state index contributed by atoms with van der Waals surface area (Å²) >= 11 is 0. The molecule has 0 heterocycles.